The maximum Gasteiger partial charge on any atom is 0.308 e. The van der Waals surface area contributed by atoms with Gasteiger partial charge in [-0.1, -0.05) is 0 Å². The van der Waals surface area contributed by atoms with Gasteiger partial charge in [0.15, 0.2) is 0 Å². The lowest BCUT2D eigenvalue weighted by Crippen LogP contribution is -2.28. The van der Waals surface area contributed by atoms with E-state index < -0.39 is 23.8 Å². The quantitative estimate of drug-likeness (QED) is 0.480. The third-order valence-electron chi connectivity index (χ3n) is 1.85. The standard InChI is InChI=1S/C6H9NO4/c8-5(9)3-1-7-2-4(3)6(10)11/h3-4,7H,1-2H2,(H,8,9)(H,10,11)/t3-,4-/m0/s1. The monoisotopic (exact) mass is 159 g/mol. The van der Waals surface area contributed by atoms with Crippen LogP contribution in [0, 0.1) is 11.8 Å². The molecule has 11 heavy (non-hydrogen) atoms. The molecule has 0 aromatic rings. The van der Waals surface area contributed by atoms with Crippen molar-refractivity contribution in [2.45, 2.75) is 0 Å². The molecule has 1 saturated heterocycles. The first kappa shape index (κ1) is 8.00. The van der Waals surface area contributed by atoms with E-state index in [0.29, 0.717) is 0 Å². The van der Waals surface area contributed by atoms with E-state index in [-0.39, 0.29) is 13.1 Å². The maximum atomic E-state index is 10.4. The van der Waals surface area contributed by atoms with Gasteiger partial charge in [-0.3, -0.25) is 9.59 Å². The average Bonchev–Trinajstić information content (AvgIpc) is 2.32. The van der Waals surface area contributed by atoms with E-state index in [2.05, 4.69) is 5.32 Å². The van der Waals surface area contributed by atoms with E-state index >= 15 is 0 Å². The number of rotatable bonds is 2. The van der Waals surface area contributed by atoms with Gasteiger partial charge in [-0.15, -0.1) is 0 Å². The van der Waals surface area contributed by atoms with Crippen LogP contribution in [0.25, 0.3) is 0 Å². The highest BCUT2D eigenvalue weighted by atomic mass is 16.4. The highest BCUT2D eigenvalue weighted by Crippen LogP contribution is 2.16. The molecule has 0 amide bonds. The zero-order valence-corrected chi connectivity index (χ0v) is 5.78. The van der Waals surface area contributed by atoms with Crippen LogP contribution in [-0.4, -0.2) is 35.2 Å². The van der Waals surface area contributed by atoms with Gasteiger partial charge in [0.05, 0.1) is 11.8 Å². The molecule has 1 aliphatic heterocycles. The molecule has 0 saturated carbocycles. The fourth-order valence-corrected chi connectivity index (χ4v) is 1.20. The summed E-state index contributed by atoms with van der Waals surface area (Å²) in [7, 11) is 0. The third-order valence-corrected chi connectivity index (χ3v) is 1.85. The second-order valence-corrected chi connectivity index (χ2v) is 2.55. The van der Waals surface area contributed by atoms with Gasteiger partial charge >= 0.3 is 11.9 Å². The zero-order chi connectivity index (χ0) is 8.43. The molecule has 2 atom stereocenters. The molecule has 5 heteroatoms. The lowest BCUT2D eigenvalue weighted by molar-refractivity contribution is -0.151. The molecule has 0 aliphatic carbocycles. The molecule has 0 aromatic heterocycles. The van der Waals surface area contributed by atoms with Crippen molar-refractivity contribution in [1.82, 2.24) is 5.32 Å². The minimum atomic E-state index is -1.04. The van der Waals surface area contributed by atoms with Gasteiger partial charge in [-0.25, -0.2) is 0 Å². The highest BCUT2D eigenvalue weighted by Gasteiger charge is 2.37. The molecule has 0 radical (unpaired) electrons. The number of aliphatic carboxylic acids is 2. The Morgan fingerprint density at radius 1 is 1.09 bits per heavy atom. The van der Waals surface area contributed by atoms with E-state index in [9.17, 15) is 9.59 Å². The van der Waals surface area contributed by atoms with Crippen molar-refractivity contribution in [3.63, 3.8) is 0 Å². The SMILES string of the molecule is O=C(O)[C@H]1CNC[C@@H]1C(=O)O. The van der Waals surface area contributed by atoms with Crippen molar-refractivity contribution >= 4 is 11.9 Å². The van der Waals surface area contributed by atoms with Crippen LogP contribution in [0.2, 0.25) is 0 Å². The van der Waals surface area contributed by atoms with Crippen LogP contribution in [-0.2, 0) is 9.59 Å². The molecule has 1 fully saturated rings. The molecule has 0 unspecified atom stereocenters. The molecule has 1 rings (SSSR count). The summed E-state index contributed by atoms with van der Waals surface area (Å²) in [5, 5.41) is 19.8. The van der Waals surface area contributed by atoms with Crippen molar-refractivity contribution in [2.75, 3.05) is 13.1 Å². The predicted octanol–water partition coefficient (Wildman–Crippen LogP) is -1.01. The number of hydrogen-bond acceptors (Lipinski definition) is 3. The van der Waals surface area contributed by atoms with Gasteiger partial charge in [-0.2, -0.15) is 0 Å². The number of carboxylic acids is 2. The molecule has 5 nitrogen and oxygen atoms in total. The molecular weight excluding hydrogens is 150 g/mol. The Labute approximate surface area is 63.0 Å². The Morgan fingerprint density at radius 2 is 1.45 bits per heavy atom. The maximum absolute atomic E-state index is 10.4. The van der Waals surface area contributed by atoms with Gasteiger partial charge < -0.3 is 15.5 Å². The Bertz CT molecular complexity index is 171. The summed E-state index contributed by atoms with van der Waals surface area (Å²) in [5.41, 5.74) is 0. The van der Waals surface area contributed by atoms with E-state index in [1.807, 2.05) is 0 Å². The summed E-state index contributed by atoms with van der Waals surface area (Å²) in [4.78, 5) is 20.8. The molecule has 0 aromatic carbocycles. The van der Waals surface area contributed by atoms with Crippen molar-refractivity contribution in [3.05, 3.63) is 0 Å². The molecule has 0 spiro atoms. The smallest absolute Gasteiger partial charge is 0.308 e. The van der Waals surface area contributed by atoms with Crippen LogP contribution in [0.15, 0.2) is 0 Å². The van der Waals surface area contributed by atoms with E-state index in [1.54, 1.807) is 0 Å². The summed E-state index contributed by atoms with van der Waals surface area (Å²) in [6, 6.07) is 0. The number of hydrogen-bond donors (Lipinski definition) is 3. The van der Waals surface area contributed by atoms with Gasteiger partial charge in [0, 0.05) is 13.1 Å². The third kappa shape index (κ3) is 1.48. The Morgan fingerprint density at radius 3 is 1.73 bits per heavy atom. The fourth-order valence-electron chi connectivity index (χ4n) is 1.20. The van der Waals surface area contributed by atoms with Crippen LogP contribution in [0.3, 0.4) is 0 Å². The molecule has 62 valence electrons. The largest absolute Gasteiger partial charge is 0.481 e. The fraction of sp³-hybridized carbons (Fsp3) is 0.667. The normalized spacial score (nSPS) is 30.2. The van der Waals surface area contributed by atoms with Gasteiger partial charge in [0.25, 0.3) is 0 Å². The molecular formula is C6H9NO4. The van der Waals surface area contributed by atoms with Crippen LogP contribution >= 0.6 is 0 Å². The summed E-state index contributed by atoms with van der Waals surface area (Å²) < 4.78 is 0. The first-order valence-electron chi connectivity index (χ1n) is 3.29. The lowest BCUT2D eigenvalue weighted by atomic mass is 9.97. The van der Waals surface area contributed by atoms with Crippen LogP contribution in [0.4, 0.5) is 0 Å². The molecule has 1 heterocycles. The minimum Gasteiger partial charge on any atom is -0.481 e. The van der Waals surface area contributed by atoms with E-state index in [1.165, 1.54) is 0 Å². The van der Waals surface area contributed by atoms with Crippen molar-refractivity contribution in [3.8, 4) is 0 Å². The Balaban J connectivity index is 2.65. The van der Waals surface area contributed by atoms with Crippen molar-refractivity contribution in [1.29, 1.82) is 0 Å². The number of carbonyl (C=O) groups is 2. The predicted molar refractivity (Wildman–Crippen MR) is 35.1 cm³/mol. The second kappa shape index (κ2) is 2.87. The Kier molecular flexibility index (Phi) is 2.09. The summed E-state index contributed by atoms with van der Waals surface area (Å²) >= 11 is 0. The average molecular weight is 159 g/mol. The van der Waals surface area contributed by atoms with Crippen LogP contribution in [0.5, 0.6) is 0 Å². The van der Waals surface area contributed by atoms with Crippen molar-refractivity contribution in [2.24, 2.45) is 11.8 Å². The summed E-state index contributed by atoms with van der Waals surface area (Å²) in [5.74, 6) is -3.62. The van der Waals surface area contributed by atoms with E-state index in [0.717, 1.165) is 0 Å². The van der Waals surface area contributed by atoms with Crippen LogP contribution < -0.4 is 5.32 Å². The van der Waals surface area contributed by atoms with Crippen molar-refractivity contribution < 1.29 is 19.8 Å². The first-order valence-corrected chi connectivity index (χ1v) is 3.29. The minimum absolute atomic E-state index is 0.256. The Hall–Kier alpha value is -1.10. The molecule has 3 N–H and O–H groups in total. The van der Waals surface area contributed by atoms with Crippen LogP contribution in [0.1, 0.15) is 0 Å². The molecule has 0 bridgehead atoms. The second-order valence-electron chi connectivity index (χ2n) is 2.55. The summed E-state index contributed by atoms with van der Waals surface area (Å²) in [6.45, 7) is 0.513. The lowest BCUT2D eigenvalue weighted by Gasteiger charge is -2.07. The van der Waals surface area contributed by atoms with E-state index in [4.69, 9.17) is 10.2 Å². The van der Waals surface area contributed by atoms with Gasteiger partial charge in [-0.05, 0) is 0 Å². The summed E-state index contributed by atoms with van der Waals surface area (Å²) in [6.07, 6.45) is 0. The number of carboxylic acid groups (broad SMARTS) is 2. The van der Waals surface area contributed by atoms with Gasteiger partial charge in [0.1, 0.15) is 0 Å². The number of nitrogens with one attached hydrogen (secondary N) is 1. The topological polar surface area (TPSA) is 86.6 Å². The highest BCUT2D eigenvalue weighted by molar-refractivity contribution is 5.81. The first-order chi connectivity index (χ1) is 5.13. The molecule has 1 aliphatic rings. The van der Waals surface area contributed by atoms with Gasteiger partial charge in [0.2, 0.25) is 0 Å². The zero-order valence-electron chi connectivity index (χ0n) is 5.78.